The second-order valence-corrected chi connectivity index (χ2v) is 4.08. The molecule has 4 N–H and O–H groups in total. The summed E-state index contributed by atoms with van der Waals surface area (Å²) in [6, 6.07) is -0.956. The van der Waals surface area contributed by atoms with Gasteiger partial charge >= 0.3 is 13.6 Å². The van der Waals surface area contributed by atoms with Crippen LogP contribution in [0.25, 0.3) is 0 Å². The van der Waals surface area contributed by atoms with Crippen molar-refractivity contribution >= 4 is 13.6 Å². The average molecular weight is 197 g/mol. The van der Waals surface area contributed by atoms with Crippen LogP contribution in [0.1, 0.15) is 6.42 Å². The second-order valence-electron chi connectivity index (χ2n) is 2.31. The Morgan fingerprint density at radius 2 is 2.17 bits per heavy atom. The van der Waals surface area contributed by atoms with Crippen molar-refractivity contribution in [3.8, 4) is 0 Å². The zero-order valence-electron chi connectivity index (χ0n) is 6.64. The summed E-state index contributed by atoms with van der Waals surface area (Å²) in [6.07, 6.45) is -0.472. The minimum atomic E-state index is -4.06. The van der Waals surface area contributed by atoms with E-state index in [1.54, 1.807) is 0 Å². The van der Waals surface area contributed by atoms with Crippen LogP contribution in [0.5, 0.6) is 0 Å². The number of hydrogen-bond donors (Lipinski definition) is 3. The van der Waals surface area contributed by atoms with Crippen LogP contribution in [0.4, 0.5) is 0 Å². The Labute approximate surface area is 69.9 Å². The van der Waals surface area contributed by atoms with Gasteiger partial charge in [0.15, 0.2) is 0 Å². The van der Waals surface area contributed by atoms with Crippen molar-refractivity contribution in [2.75, 3.05) is 13.3 Å². The van der Waals surface area contributed by atoms with Gasteiger partial charge in [0.2, 0.25) is 0 Å². The zero-order chi connectivity index (χ0) is 9.78. The molecule has 0 aliphatic rings. The van der Waals surface area contributed by atoms with Crippen LogP contribution in [0.2, 0.25) is 0 Å². The molecular formula is C5H12NO5P. The summed E-state index contributed by atoms with van der Waals surface area (Å²) in [6.45, 7) is 0. The number of rotatable bonds is 4. The molecule has 1 unspecified atom stereocenters. The molecule has 72 valence electrons. The first-order valence-corrected chi connectivity index (χ1v) is 5.04. The van der Waals surface area contributed by atoms with E-state index in [-0.39, 0.29) is 6.42 Å². The molecule has 0 aliphatic heterocycles. The predicted molar refractivity (Wildman–Crippen MR) is 41.5 cm³/mol. The summed E-state index contributed by atoms with van der Waals surface area (Å²) < 4.78 is 14.6. The van der Waals surface area contributed by atoms with E-state index in [0.717, 1.165) is 0 Å². The molecule has 0 radical (unpaired) electrons. The Hall–Kier alpha value is -0.420. The van der Waals surface area contributed by atoms with Gasteiger partial charge in [-0.1, -0.05) is 0 Å². The molecule has 0 rings (SSSR count). The number of carbonyl (C=O) groups excluding carboxylic acids is 1. The maximum atomic E-state index is 10.6. The lowest BCUT2D eigenvalue weighted by Crippen LogP contribution is -2.32. The number of esters is 1. The smallest absolute Gasteiger partial charge is 0.325 e. The molecule has 0 aliphatic carbocycles. The third-order valence-electron chi connectivity index (χ3n) is 1.24. The van der Waals surface area contributed by atoms with Crippen LogP contribution in [0, 0.1) is 0 Å². The third kappa shape index (κ3) is 5.26. The van der Waals surface area contributed by atoms with Gasteiger partial charge in [-0.3, -0.25) is 9.36 Å². The maximum Gasteiger partial charge on any atom is 0.325 e. The number of nitrogens with two attached hydrogens (primary N) is 1. The largest absolute Gasteiger partial charge is 0.468 e. The van der Waals surface area contributed by atoms with Crippen LogP contribution in [-0.2, 0) is 14.1 Å². The molecule has 1 atom stereocenters. The summed E-state index contributed by atoms with van der Waals surface area (Å²) in [5, 5.41) is 0. The van der Waals surface area contributed by atoms with E-state index < -0.39 is 25.8 Å². The van der Waals surface area contributed by atoms with E-state index in [9.17, 15) is 9.36 Å². The van der Waals surface area contributed by atoms with Gasteiger partial charge in [-0.25, -0.2) is 0 Å². The second kappa shape index (κ2) is 4.57. The van der Waals surface area contributed by atoms with Crippen molar-refractivity contribution in [1.82, 2.24) is 0 Å². The van der Waals surface area contributed by atoms with Crippen molar-refractivity contribution in [2.24, 2.45) is 5.73 Å². The molecule has 0 spiro atoms. The molecule has 0 saturated carbocycles. The van der Waals surface area contributed by atoms with E-state index in [4.69, 9.17) is 15.5 Å². The van der Waals surface area contributed by atoms with Crippen molar-refractivity contribution in [1.29, 1.82) is 0 Å². The van der Waals surface area contributed by atoms with Crippen LogP contribution in [0.15, 0.2) is 0 Å². The maximum absolute atomic E-state index is 10.6. The fourth-order valence-electron chi connectivity index (χ4n) is 0.576. The lowest BCUT2D eigenvalue weighted by Gasteiger charge is -2.08. The summed E-state index contributed by atoms with van der Waals surface area (Å²) in [7, 11) is -2.89. The van der Waals surface area contributed by atoms with Crippen LogP contribution in [0.3, 0.4) is 0 Å². The first kappa shape index (κ1) is 11.6. The Morgan fingerprint density at radius 1 is 1.67 bits per heavy atom. The predicted octanol–water partition coefficient (Wildman–Crippen LogP) is -0.946. The number of carbonyl (C=O) groups is 1. The summed E-state index contributed by atoms with van der Waals surface area (Å²) in [4.78, 5) is 27.5. The Bertz CT molecular complexity index is 200. The highest BCUT2D eigenvalue weighted by Gasteiger charge is 2.19. The molecule has 7 heteroatoms. The Balaban J connectivity index is 3.79. The van der Waals surface area contributed by atoms with E-state index in [2.05, 4.69) is 4.74 Å². The summed E-state index contributed by atoms with van der Waals surface area (Å²) >= 11 is 0. The molecule has 0 saturated heterocycles. The van der Waals surface area contributed by atoms with Gasteiger partial charge in [0.25, 0.3) is 0 Å². The minimum absolute atomic E-state index is 0.0725. The van der Waals surface area contributed by atoms with Gasteiger partial charge in [-0.2, -0.15) is 0 Å². The summed E-state index contributed by atoms with van der Waals surface area (Å²) in [5.74, 6) is -0.663. The lowest BCUT2D eigenvalue weighted by molar-refractivity contribution is -0.142. The van der Waals surface area contributed by atoms with Gasteiger partial charge in [0.1, 0.15) is 6.04 Å². The van der Waals surface area contributed by atoms with Gasteiger partial charge < -0.3 is 20.3 Å². The first-order valence-electron chi connectivity index (χ1n) is 3.25. The fourth-order valence-corrected chi connectivity index (χ4v) is 1.19. The quantitative estimate of drug-likeness (QED) is 0.396. The van der Waals surface area contributed by atoms with Gasteiger partial charge in [0, 0.05) is 0 Å². The van der Waals surface area contributed by atoms with Gasteiger partial charge in [-0.15, -0.1) is 0 Å². The number of ether oxygens (including phenoxy) is 1. The lowest BCUT2D eigenvalue weighted by atomic mass is 10.2. The Kier molecular flexibility index (Phi) is 4.41. The number of hydrogen-bond acceptors (Lipinski definition) is 4. The molecule has 0 aromatic carbocycles. The molecule has 0 bridgehead atoms. The minimum Gasteiger partial charge on any atom is -0.468 e. The SMILES string of the molecule is COC(=O)C(N)CCP(=O)(O)O. The highest BCUT2D eigenvalue weighted by Crippen LogP contribution is 2.35. The van der Waals surface area contributed by atoms with Crippen molar-refractivity contribution < 1.29 is 23.9 Å². The molecule has 6 nitrogen and oxygen atoms in total. The monoisotopic (exact) mass is 197 g/mol. The molecule has 0 aromatic rings. The van der Waals surface area contributed by atoms with Crippen molar-refractivity contribution in [3.63, 3.8) is 0 Å². The van der Waals surface area contributed by atoms with E-state index >= 15 is 0 Å². The molecule has 0 amide bonds. The van der Waals surface area contributed by atoms with Crippen molar-refractivity contribution in [2.45, 2.75) is 12.5 Å². The van der Waals surface area contributed by atoms with Crippen LogP contribution >= 0.6 is 7.60 Å². The Morgan fingerprint density at radius 3 is 2.50 bits per heavy atom. The highest BCUT2D eigenvalue weighted by molar-refractivity contribution is 7.51. The summed E-state index contributed by atoms with van der Waals surface area (Å²) in [5.41, 5.74) is 5.22. The molecular weight excluding hydrogens is 185 g/mol. The van der Waals surface area contributed by atoms with E-state index in [1.807, 2.05) is 0 Å². The van der Waals surface area contributed by atoms with Crippen LogP contribution < -0.4 is 5.73 Å². The normalized spacial score (nSPS) is 14.0. The van der Waals surface area contributed by atoms with Gasteiger partial charge in [-0.05, 0) is 6.42 Å². The van der Waals surface area contributed by atoms with Gasteiger partial charge in [0.05, 0.1) is 13.3 Å². The van der Waals surface area contributed by atoms with Crippen LogP contribution in [-0.4, -0.2) is 35.1 Å². The highest BCUT2D eigenvalue weighted by atomic mass is 31.2. The number of methoxy groups -OCH3 is 1. The van der Waals surface area contributed by atoms with Crippen molar-refractivity contribution in [3.05, 3.63) is 0 Å². The topological polar surface area (TPSA) is 110 Å². The average Bonchev–Trinajstić information content (AvgIpc) is 1.97. The first-order chi connectivity index (χ1) is 5.37. The van der Waals surface area contributed by atoms with E-state index in [1.165, 1.54) is 7.11 Å². The fraction of sp³-hybridized carbons (Fsp3) is 0.800. The molecule has 12 heavy (non-hydrogen) atoms. The third-order valence-corrected chi connectivity index (χ3v) is 2.08. The molecule has 0 fully saturated rings. The molecule has 0 heterocycles. The standard InChI is InChI=1S/C5H12NO5P/c1-11-5(7)4(6)2-3-12(8,9)10/h4H,2-3,6H2,1H3,(H2,8,9,10). The zero-order valence-corrected chi connectivity index (χ0v) is 7.53. The van der Waals surface area contributed by atoms with E-state index in [0.29, 0.717) is 0 Å². The molecule has 0 aromatic heterocycles.